The molecule has 0 aliphatic carbocycles. The molecule has 4 heteroatoms. The molecule has 15 heavy (non-hydrogen) atoms. The predicted molar refractivity (Wildman–Crippen MR) is 58.5 cm³/mol. The number of rotatable bonds is 6. The van der Waals surface area contributed by atoms with E-state index in [-0.39, 0.29) is 5.91 Å². The molecule has 0 spiro atoms. The number of hydrogen-bond acceptors (Lipinski definition) is 2. The molecular weight excluding hydrogens is 194 g/mol. The van der Waals surface area contributed by atoms with Crippen molar-refractivity contribution in [2.75, 3.05) is 0 Å². The summed E-state index contributed by atoms with van der Waals surface area (Å²) in [6.07, 6.45) is 1.35. The molecule has 0 heterocycles. The van der Waals surface area contributed by atoms with Gasteiger partial charge in [0.15, 0.2) is 0 Å². The molecule has 0 radical (unpaired) electrons. The highest BCUT2D eigenvalue weighted by molar-refractivity contribution is 5.83. The lowest BCUT2D eigenvalue weighted by atomic mass is 9.90. The van der Waals surface area contributed by atoms with Gasteiger partial charge in [0, 0.05) is 6.42 Å². The average molecular weight is 215 g/mol. The molecule has 0 saturated carbocycles. The van der Waals surface area contributed by atoms with E-state index >= 15 is 0 Å². The SMILES string of the molecule is CCC(CC(=O)NC(C)C(=O)O)C(C)C. The van der Waals surface area contributed by atoms with E-state index < -0.39 is 12.0 Å². The summed E-state index contributed by atoms with van der Waals surface area (Å²) in [6, 6.07) is -0.804. The summed E-state index contributed by atoms with van der Waals surface area (Å²) >= 11 is 0. The average Bonchev–Trinajstić information content (AvgIpc) is 2.13. The minimum absolute atomic E-state index is 0.176. The molecule has 1 amide bonds. The normalized spacial score (nSPS) is 14.7. The standard InChI is InChI=1S/C11H21NO3/c1-5-9(7(2)3)6-10(13)12-8(4)11(14)15/h7-9H,5-6H2,1-4H3,(H,12,13)(H,14,15). The van der Waals surface area contributed by atoms with E-state index in [1.807, 2.05) is 6.92 Å². The quantitative estimate of drug-likeness (QED) is 0.708. The molecule has 0 aliphatic rings. The Morgan fingerprint density at radius 2 is 1.80 bits per heavy atom. The van der Waals surface area contributed by atoms with Crippen LogP contribution in [0.1, 0.15) is 40.5 Å². The molecule has 88 valence electrons. The number of nitrogens with one attached hydrogen (secondary N) is 1. The van der Waals surface area contributed by atoms with Gasteiger partial charge in [-0.25, -0.2) is 0 Å². The van der Waals surface area contributed by atoms with E-state index in [1.54, 1.807) is 0 Å². The third kappa shape index (κ3) is 5.40. The summed E-state index contributed by atoms with van der Waals surface area (Å²) in [5.41, 5.74) is 0. The molecule has 2 atom stereocenters. The predicted octanol–water partition coefficient (Wildman–Crippen LogP) is 1.65. The Balaban J connectivity index is 4.07. The van der Waals surface area contributed by atoms with Crippen LogP contribution < -0.4 is 5.32 Å². The number of hydrogen-bond donors (Lipinski definition) is 2. The second-order valence-electron chi connectivity index (χ2n) is 4.24. The third-order valence-electron chi connectivity index (χ3n) is 2.66. The fourth-order valence-electron chi connectivity index (χ4n) is 1.45. The Kier molecular flexibility index (Phi) is 5.97. The molecule has 0 aliphatic heterocycles. The van der Waals surface area contributed by atoms with E-state index in [4.69, 9.17) is 5.11 Å². The van der Waals surface area contributed by atoms with Crippen LogP contribution in [-0.2, 0) is 9.59 Å². The van der Waals surface area contributed by atoms with Gasteiger partial charge in [-0.3, -0.25) is 9.59 Å². The highest BCUT2D eigenvalue weighted by atomic mass is 16.4. The fraction of sp³-hybridized carbons (Fsp3) is 0.818. The number of carboxylic acid groups (broad SMARTS) is 1. The van der Waals surface area contributed by atoms with Gasteiger partial charge in [-0.05, 0) is 18.8 Å². The maximum Gasteiger partial charge on any atom is 0.325 e. The molecule has 0 aromatic heterocycles. The van der Waals surface area contributed by atoms with Crippen LogP contribution in [-0.4, -0.2) is 23.0 Å². The second-order valence-corrected chi connectivity index (χ2v) is 4.24. The van der Waals surface area contributed by atoms with Crippen LogP contribution in [0.3, 0.4) is 0 Å². The van der Waals surface area contributed by atoms with Gasteiger partial charge in [0.2, 0.25) is 5.91 Å². The van der Waals surface area contributed by atoms with Crippen molar-refractivity contribution in [1.29, 1.82) is 0 Å². The van der Waals surface area contributed by atoms with Crippen molar-refractivity contribution in [2.45, 2.75) is 46.6 Å². The number of amides is 1. The lowest BCUT2D eigenvalue weighted by molar-refractivity contribution is -0.141. The largest absolute Gasteiger partial charge is 0.480 e. The van der Waals surface area contributed by atoms with Gasteiger partial charge in [-0.1, -0.05) is 27.2 Å². The first-order valence-electron chi connectivity index (χ1n) is 5.40. The second kappa shape index (κ2) is 6.43. The summed E-state index contributed by atoms with van der Waals surface area (Å²) < 4.78 is 0. The minimum atomic E-state index is -0.999. The van der Waals surface area contributed by atoms with Crippen molar-refractivity contribution >= 4 is 11.9 Å². The van der Waals surface area contributed by atoms with E-state index in [0.717, 1.165) is 6.42 Å². The summed E-state index contributed by atoms with van der Waals surface area (Å²) in [7, 11) is 0. The zero-order valence-corrected chi connectivity index (χ0v) is 9.91. The van der Waals surface area contributed by atoms with Gasteiger partial charge in [0.05, 0.1) is 0 Å². The topological polar surface area (TPSA) is 66.4 Å². The number of carbonyl (C=O) groups excluding carboxylic acids is 1. The van der Waals surface area contributed by atoms with Crippen LogP contribution in [0.4, 0.5) is 0 Å². The van der Waals surface area contributed by atoms with Gasteiger partial charge in [-0.2, -0.15) is 0 Å². The lowest BCUT2D eigenvalue weighted by Crippen LogP contribution is -2.39. The number of aliphatic carboxylic acids is 1. The maximum absolute atomic E-state index is 11.5. The van der Waals surface area contributed by atoms with Crippen LogP contribution >= 0.6 is 0 Å². The molecule has 0 aromatic carbocycles. The molecule has 2 unspecified atom stereocenters. The monoisotopic (exact) mass is 215 g/mol. The molecule has 4 nitrogen and oxygen atoms in total. The zero-order valence-electron chi connectivity index (χ0n) is 9.91. The smallest absolute Gasteiger partial charge is 0.325 e. The van der Waals surface area contributed by atoms with Crippen molar-refractivity contribution in [1.82, 2.24) is 5.32 Å². The molecule has 0 saturated heterocycles. The summed E-state index contributed by atoms with van der Waals surface area (Å²) in [5, 5.41) is 11.1. The van der Waals surface area contributed by atoms with Crippen molar-refractivity contribution in [3.8, 4) is 0 Å². The zero-order chi connectivity index (χ0) is 12.0. The molecule has 0 rings (SSSR count). The van der Waals surface area contributed by atoms with Gasteiger partial charge in [0.1, 0.15) is 6.04 Å². The van der Waals surface area contributed by atoms with Crippen molar-refractivity contribution < 1.29 is 14.7 Å². The lowest BCUT2D eigenvalue weighted by Gasteiger charge is -2.19. The van der Waals surface area contributed by atoms with Gasteiger partial charge in [-0.15, -0.1) is 0 Å². The first-order valence-corrected chi connectivity index (χ1v) is 5.40. The molecule has 0 bridgehead atoms. The van der Waals surface area contributed by atoms with E-state index in [0.29, 0.717) is 18.3 Å². The van der Waals surface area contributed by atoms with E-state index in [1.165, 1.54) is 6.92 Å². The highest BCUT2D eigenvalue weighted by Gasteiger charge is 2.19. The van der Waals surface area contributed by atoms with E-state index in [9.17, 15) is 9.59 Å². The Bertz CT molecular complexity index is 226. The Labute approximate surface area is 91.1 Å². The number of carboxylic acids is 1. The number of carbonyl (C=O) groups is 2. The Morgan fingerprint density at radius 3 is 2.13 bits per heavy atom. The van der Waals surface area contributed by atoms with Gasteiger partial charge >= 0.3 is 5.97 Å². The molecule has 0 aromatic rings. The van der Waals surface area contributed by atoms with Crippen molar-refractivity contribution in [3.05, 3.63) is 0 Å². The van der Waals surface area contributed by atoms with Crippen LogP contribution in [0.15, 0.2) is 0 Å². The van der Waals surface area contributed by atoms with Gasteiger partial charge in [0.25, 0.3) is 0 Å². The molecular formula is C11H21NO3. The van der Waals surface area contributed by atoms with Crippen molar-refractivity contribution in [3.63, 3.8) is 0 Å². The van der Waals surface area contributed by atoms with E-state index in [2.05, 4.69) is 19.2 Å². The minimum Gasteiger partial charge on any atom is -0.480 e. The fourth-order valence-corrected chi connectivity index (χ4v) is 1.45. The van der Waals surface area contributed by atoms with Crippen LogP contribution in [0.25, 0.3) is 0 Å². The van der Waals surface area contributed by atoms with Crippen LogP contribution in [0, 0.1) is 11.8 Å². The van der Waals surface area contributed by atoms with Crippen LogP contribution in [0.5, 0.6) is 0 Å². The Morgan fingerprint density at radius 1 is 1.27 bits per heavy atom. The summed E-state index contributed by atoms with van der Waals surface area (Å²) in [4.78, 5) is 22.0. The first kappa shape index (κ1) is 13.9. The van der Waals surface area contributed by atoms with Crippen molar-refractivity contribution in [2.24, 2.45) is 11.8 Å². The van der Waals surface area contributed by atoms with Gasteiger partial charge < -0.3 is 10.4 Å². The summed E-state index contributed by atoms with van der Waals surface area (Å²) in [6.45, 7) is 7.65. The molecule has 0 fully saturated rings. The summed E-state index contributed by atoms with van der Waals surface area (Å²) in [5.74, 6) is -0.404. The Hall–Kier alpha value is -1.06. The van der Waals surface area contributed by atoms with Crippen LogP contribution in [0.2, 0.25) is 0 Å². The molecule has 2 N–H and O–H groups in total. The maximum atomic E-state index is 11.5. The third-order valence-corrected chi connectivity index (χ3v) is 2.66. The highest BCUT2D eigenvalue weighted by Crippen LogP contribution is 2.18. The first-order chi connectivity index (χ1) is 6.88.